The van der Waals surface area contributed by atoms with Crippen LogP contribution in [0.3, 0.4) is 0 Å². The van der Waals surface area contributed by atoms with E-state index < -0.39 is 0 Å². The van der Waals surface area contributed by atoms with Crippen molar-refractivity contribution in [2.75, 3.05) is 6.61 Å². The maximum absolute atomic E-state index is 5.91. The van der Waals surface area contributed by atoms with Crippen LogP contribution in [0.1, 0.15) is 37.8 Å². The third-order valence-corrected chi connectivity index (χ3v) is 3.19. The van der Waals surface area contributed by atoms with Gasteiger partial charge in [-0.25, -0.2) is 0 Å². The molecule has 94 valence electrons. The quantitative estimate of drug-likeness (QED) is 0.795. The summed E-state index contributed by atoms with van der Waals surface area (Å²) in [7, 11) is 0. The Bertz CT molecular complexity index is 376. The van der Waals surface area contributed by atoms with Crippen molar-refractivity contribution in [3.8, 4) is 5.75 Å². The van der Waals surface area contributed by atoms with Gasteiger partial charge < -0.3 is 9.47 Å². The monoisotopic (exact) mass is 234 g/mol. The molecule has 1 fully saturated rings. The highest BCUT2D eigenvalue weighted by molar-refractivity contribution is 5.32. The minimum Gasteiger partial charge on any atom is -0.491 e. The van der Waals surface area contributed by atoms with Crippen molar-refractivity contribution in [2.45, 2.75) is 52.2 Å². The molecule has 0 spiro atoms. The highest BCUT2D eigenvalue weighted by Gasteiger charge is 2.31. The molecule has 1 heterocycles. The van der Waals surface area contributed by atoms with Crippen molar-refractivity contribution in [3.05, 3.63) is 29.3 Å². The predicted octanol–water partition coefficient (Wildman–Crippen LogP) is 3.64. The van der Waals surface area contributed by atoms with E-state index in [9.17, 15) is 0 Å². The maximum Gasteiger partial charge on any atom is 0.119 e. The van der Waals surface area contributed by atoms with E-state index in [4.69, 9.17) is 9.47 Å². The molecular weight excluding hydrogens is 212 g/mol. The van der Waals surface area contributed by atoms with E-state index in [0.29, 0.717) is 6.61 Å². The molecule has 0 amide bonds. The van der Waals surface area contributed by atoms with E-state index >= 15 is 0 Å². The first-order chi connectivity index (χ1) is 7.94. The summed E-state index contributed by atoms with van der Waals surface area (Å²) in [4.78, 5) is 0. The normalized spacial score (nSPS) is 22.7. The first-order valence-electron chi connectivity index (χ1n) is 6.33. The molecule has 0 bridgehead atoms. The van der Waals surface area contributed by atoms with Gasteiger partial charge in [0.05, 0.1) is 11.7 Å². The van der Waals surface area contributed by atoms with Crippen LogP contribution in [0.2, 0.25) is 0 Å². The van der Waals surface area contributed by atoms with Gasteiger partial charge in [0.2, 0.25) is 0 Å². The summed E-state index contributed by atoms with van der Waals surface area (Å²) in [6.45, 7) is 9.13. The molecule has 1 aliphatic rings. The van der Waals surface area contributed by atoms with Gasteiger partial charge in [0.15, 0.2) is 0 Å². The highest BCUT2D eigenvalue weighted by Crippen LogP contribution is 2.29. The highest BCUT2D eigenvalue weighted by atomic mass is 16.6. The molecule has 2 nitrogen and oxygen atoms in total. The smallest absolute Gasteiger partial charge is 0.119 e. The second-order valence-electron chi connectivity index (χ2n) is 5.67. The average Bonchev–Trinajstić information content (AvgIpc) is 2.54. The molecular formula is C15H22O2. The van der Waals surface area contributed by atoms with Crippen LogP contribution < -0.4 is 4.74 Å². The van der Waals surface area contributed by atoms with Crippen LogP contribution in [0.5, 0.6) is 5.75 Å². The van der Waals surface area contributed by atoms with Crippen molar-refractivity contribution >= 4 is 0 Å². The van der Waals surface area contributed by atoms with Gasteiger partial charge in [-0.15, -0.1) is 0 Å². The number of ether oxygens (including phenoxy) is 2. The average molecular weight is 234 g/mol. The van der Waals surface area contributed by atoms with Gasteiger partial charge in [0.25, 0.3) is 0 Å². The fourth-order valence-electron chi connectivity index (χ4n) is 2.40. The number of aryl methyl sites for hydroxylation is 2. The first-order valence-corrected chi connectivity index (χ1v) is 6.33. The number of rotatable bonds is 3. The van der Waals surface area contributed by atoms with Crippen molar-refractivity contribution in [2.24, 2.45) is 0 Å². The van der Waals surface area contributed by atoms with Crippen molar-refractivity contribution in [1.82, 2.24) is 0 Å². The number of hydrogen-bond acceptors (Lipinski definition) is 2. The molecule has 0 radical (unpaired) electrons. The second-order valence-corrected chi connectivity index (χ2v) is 5.67. The predicted molar refractivity (Wildman–Crippen MR) is 69.6 cm³/mol. The van der Waals surface area contributed by atoms with Gasteiger partial charge in [0.1, 0.15) is 12.4 Å². The van der Waals surface area contributed by atoms with E-state index in [1.54, 1.807) is 0 Å². The fraction of sp³-hybridized carbons (Fsp3) is 0.600. The molecule has 2 heteroatoms. The largest absolute Gasteiger partial charge is 0.491 e. The lowest BCUT2D eigenvalue weighted by Gasteiger charge is -2.19. The van der Waals surface area contributed by atoms with Crippen LogP contribution >= 0.6 is 0 Å². The molecule has 1 unspecified atom stereocenters. The maximum atomic E-state index is 5.91. The Kier molecular flexibility index (Phi) is 3.43. The van der Waals surface area contributed by atoms with Crippen LogP contribution in [0.4, 0.5) is 0 Å². The SMILES string of the molecule is Cc1cc(C)cc(OCC2CCC(C)(C)O2)c1. The molecule has 1 aromatic rings. The third-order valence-electron chi connectivity index (χ3n) is 3.19. The Labute approximate surface area is 104 Å². The summed E-state index contributed by atoms with van der Waals surface area (Å²) in [5.74, 6) is 0.954. The van der Waals surface area contributed by atoms with E-state index in [1.807, 2.05) is 0 Å². The zero-order valence-electron chi connectivity index (χ0n) is 11.2. The second kappa shape index (κ2) is 4.69. The van der Waals surface area contributed by atoms with Gasteiger partial charge in [0, 0.05) is 0 Å². The Morgan fingerprint density at radius 1 is 1.24 bits per heavy atom. The molecule has 0 N–H and O–H groups in total. The molecule has 1 aliphatic heterocycles. The summed E-state index contributed by atoms with van der Waals surface area (Å²) in [6, 6.07) is 6.31. The zero-order chi connectivity index (χ0) is 12.5. The number of hydrogen-bond donors (Lipinski definition) is 0. The van der Waals surface area contributed by atoms with Crippen LogP contribution in [0.15, 0.2) is 18.2 Å². The van der Waals surface area contributed by atoms with Gasteiger partial charge >= 0.3 is 0 Å². The fourth-order valence-corrected chi connectivity index (χ4v) is 2.40. The zero-order valence-corrected chi connectivity index (χ0v) is 11.2. The van der Waals surface area contributed by atoms with Gasteiger partial charge in [-0.05, 0) is 63.8 Å². The number of benzene rings is 1. The summed E-state index contributed by atoms with van der Waals surface area (Å²) in [6.07, 6.45) is 2.46. The Hall–Kier alpha value is -1.02. The van der Waals surface area contributed by atoms with Gasteiger partial charge in [-0.2, -0.15) is 0 Å². The van der Waals surface area contributed by atoms with E-state index in [1.165, 1.54) is 11.1 Å². The van der Waals surface area contributed by atoms with E-state index in [-0.39, 0.29) is 11.7 Å². The lowest BCUT2D eigenvalue weighted by atomic mass is 10.1. The standard InChI is InChI=1S/C15H22O2/c1-11-7-12(2)9-14(8-11)16-10-13-5-6-15(3,4)17-13/h7-9,13H,5-6,10H2,1-4H3. The minimum absolute atomic E-state index is 0.0244. The van der Waals surface area contributed by atoms with E-state index in [2.05, 4.69) is 45.9 Å². The lowest BCUT2D eigenvalue weighted by molar-refractivity contribution is -0.0326. The van der Waals surface area contributed by atoms with Crippen LogP contribution in [0.25, 0.3) is 0 Å². The third kappa shape index (κ3) is 3.47. The van der Waals surface area contributed by atoms with Crippen LogP contribution in [0, 0.1) is 13.8 Å². The van der Waals surface area contributed by atoms with Gasteiger partial charge in [-0.3, -0.25) is 0 Å². The van der Waals surface area contributed by atoms with E-state index in [0.717, 1.165) is 18.6 Å². The lowest BCUT2D eigenvalue weighted by Crippen LogP contribution is -2.23. The van der Waals surface area contributed by atoms with Crippen molar-refractivity contribution < 1.29 is 9.47 Å². The van der Waals surface area contributed by atoms with Crippen molar-refractivity contribution in [3.63, 3.8) is 0 Å². The minimum atomic E-state index is 0.0244. The molecule has 17 heavy (non-hydrogen) atoms. The Morgan fingerprint density at radius 2 is 1.88 bits per heavy atom. The van der Waals surface area contributed by atoms with Crippen LogP contribution in [-0.4, -0.2) is 18.3 Å². The molecule has 1 atom stereocenters. The molecule has 0 saturated carbocycles. The van der Waals surface area contributed by atoms with Gasteiger partial charge in [-0.1, -0.05) is 6.07 Å². The molecule has 0 aromatic heterocycles. The van der Waals surface area contributed by atoms with Crippen molar-refractivity contribution in [1.29, 1.82) is 0 Å². The molecule has 2 rings (SSSR count). The molecule has 1 saturated heterocycles. The topological polar surface area (TPSA) is 18.5 Å². The Morgan fingerprint density at radius 3 is 2.41 bits per heavy atom. The first kappa shape index (κ1) is 12.4. The summed E-state index contributed by atoms with van der Waals surface area (Å²) >= 11 is 0. The summed E-state index contributed by atoms with van der Waals surface area (Å²) < 4.78 is 11.7. The van der Waals surface area contributed by atoms with Crippen LogP contribution in [-0.2, 0) is 4.74 Å². The molecule has 1 aromatic carbocycles. The summed E-state index contributed by atoms with van der Waals surface area (Å²) in [5.41, 5.74) is 2.51. The molecule has 0 aliphatic carbocycles. The summed E-state index contributed by atoms with van der Waals surface area (Å²) in [5, 5.41) is 0. The Balaban J connectivity index is 1.90.